The molecule has 1 aromatic heterocycles. The molecule has 0 saturated carbocycles. The van der Waals surface area contributed by atoms with E-state index in [2.05, 4.69) is 4.98 Å². The van der Waals surface area contributed by atoms with Crippen LogP contribution in [0.15, 0.2) is 40.3 Å². The monoisotopic (exact) mass is 385 g/mol. The SMILES string of the molecule is CCc1c(C)nc2n(c1=O)CC(C(=O)N(Cc1ccccc1)C(C)C)CS2. The lowest BCUT2D eigenvalue weighted by Crippen LogP contribution is -2.45. The number of carbonyl (C=O) groups is 1. The van der Waals surface area contributed by atoms with Gasteiger partial charge in [-0.2, -0.15) is 0 Å². The number of aryl methyl sites for hydroxylation is 1. The second-order valence-corrected chi connectivity index (χ2v) is 8.27. The van der Waals surface area contributed by atoms with Crippen molar-refractivity contribution in [3.05, 3.63) is 57.5 Å². The van der Waals surface area contributed by atoms with Crippen molar-refractivity contribution >= 4 is 17.7 Å². The summed E-state index contributed by atoms with van der Waals surface area (Å²) in [6, 6.07) is 10.1. The van der Waals surface area contributed by atoms with Crippen LogP contribution in [0.1, 0.15) is 37.6 Å². The molecule has 0 spiro atoms. The smallest absolute Gasteiger partial charge is 0.257 e. The van der Waals surface area contributed by atoms with Gasteiger partial charge in [0.05, 0.1) is 5.92 Å². The molecule has 1 unspecified atom stereocenters. The first-order valence-electron chi connectivity index (χ1n) is 9.49. The van der Waals surface area contributed by atoms with Gasteiger partial charge in [-0.05, 0) is 32.8 Å². The molecule has 0 N–H and O–H groups in total. The number of carbonyl (C=O) groups excluding carboxylic acids is 1. The van der Waals surface area contributed by atoms with Crippen molar-refractivity contribution in [3.8, 4) is 0 Å². The molecule has 0 radical (unpaired) electrons. The molecule has 0 aliphatic carbocycles. The fourth-order valence-electron chi connectivity index (χ4n) is 3.48. The maximum Gasteiger partial charge on any atom is 0.257 e. The van der Waals surface area contributed by atoms with E-state index in [4.69, 9.17) is 0 Å². The van der Waals surface area contributed by atoms with Crippen LogP contribution in [0.3, 0.4) is 0 Å². The molecular weight excluding hydrogens is 358 g/mol. The molecule has 2 aromatic rings. The third kappa shape index (κ3) is 4.10. The van der Waals surface area contributed by atoms with E-state index in [1.54, 1.807) is 4.57 Å². The van der Waals surface area contributed by atoms with E-state index >= 15 is 0 Å². The molecule has 0 fully saturated rings. The summed E-state index contributed by atoms with van der Waals surface area (Å²) in [6.07, 6.45) is 0.660. The molecule has 6 heteroatoms. The predicted molar refractivity (Wildman–Crippen MR) is 109 cm³/mol. The Morgan fingerprint density at radius 2 is 2.04 bits per heavy atom. The third-order valence-electron chi connectivity index (χ3n) is 5.06. The Morgan fingerprint density at radius 1 is 1.33 bits per heavy atom. The van der Waals surface area contributed by atoms with Gasteiger partial charge in [-0.3, -0.25) is 14.2 Å². The fourth-order valence-corrected chi connectivity index (χ4v) is 4.59. The predicted octanol–water partition coefficient (Wildman–Crippen LogP) is 3.27. The van der Waals surface area contributed by atoms with Crippen molar-refractivity contribution in [1.82, 2.24) is 14.5 Å². The molecule has 1 aliphatic heterocycles. The van der Waals surface area contributed by atoms with Crippen LogP contribution < -0.4 is 5.56 Å². The average molecular weight is 386 g/mol. The standard InChI is InChI=1S/C21H27N3O2S/c1-5-18-15(4)22-21-24(20(18)26)12-17(13-27-21)19(25)23(14(2)3)11-16-9-7-6-8-10-16/h6-10,14,17H,5,11-13H2,1-4H3. The zero-order chi connectivity index (χ0) is 19.6. The van der Waals surface area contributed by atoms with Crippen molar-refractivity contribution in [3.63, 3.8) is 0 Å². The summed E-state index contributed by atoms with van der Waals surface area (Å²) in [5.74, 6) is 0.562. The van der Waals surface area contributed by atoms with Crippen LogP contribution in [0.5, 0.6) is 0 Å². The first-order chi connectivity index (χ1) is 12.9. The van der Waals surface area contributed by atoms with Crippen LogP contribution in [0.2, 0.25) is 0 Å². The second kappa shape index (κ2) is 8.30. The molecule has 1 aliphatic rings. The summed E-state index contributed by atoms with van der Waals surface area (Å²) < 4.78 is 1.70. The minimum Gasteiger partial charge on any atom is -0.336 e. The number of aromatic nitrogens is 2. The van der Waals surface area contributed by atoms with Crippen molar-refractivity contribution in [2.45, 2.75) is 58.4 Å². The lowest BCUT2D eigenvalue weighted by atomic mass is 10.1. The van der Waals surface area contributed by atoms with Gasteiger partial charge in [0.1, 0.15) is 0 Å². The zero-order valence-corrected chi connectivity index (χ0v) is 17.3. The van der Waals surface area contributed by atoms with Gasteiger partial charge in [0.25, 0.3) is 5.56 Å². The zero-order valence-electron chi connectivity index (χ0n) is 16.4. The van der Waals surface area contributed by atoms with E-state index in [9.17, 15) is 9.59 Å². The van der Waals surface area contributed by atoms with Gasteiger partial charge in [0, 0.05) is 36.1 Å². The Morgan fingerprint density at radius 3 is 2.67 bits per heavy atom. The summed E-state index contributed by atoms with van der Waals surface area (Å²) in [7, 11) is 0. The third-order valence-corrected chi connectivity index (χ3v) is 6.19. The highest BCUT2D eigenvalue weighted by atomic mass is 32.2. The number of nitrogens with zero attached hydrogens (tertiary/aromatic N) is 3. The largest absolute Gasteiger partial charge is 0.336 e. The molecule has 1 amide bonds. The molecule has 144 valence electrons. The number of hydrogen-bond donors (Lipinski definition) is 0. The topological polar surface area (TPSA) is 55.2 Å². The first kappa shape index (κ1) is 19.7. The number of amides is 1. The van der Waals surface area contributed by atoms with Gasteiger partial charge in [-0.15, -0.1) is 0 Å². The maximum atomic E-state index is 13.3. The molecule has 1 aromatic carbocycles. The van der Waals surface area contributed by atoms with Crippen LogP contribution in [-0.4, -0.2) is 32.2 Å². The molecule has 5 nitrogen and oxygen atoms in total. The molecular formula is C21H27N3O2S. The van der Waals surface area contributed by atoms with Crippen molar-refractivity contribution in [2.24, 2.45) is 5.92 Å². The average Bonchev–Trinajstić information content (AvgIpc) is 2.66. The Labute approximate surface area is 164 Å². The van der Waals surface area contributed by atoms with Crippen molar-refractivity contribution in [2.75, 3.05) is 5.75 Å². The molecule has 0 bridgehead atoms. The normalized spacial score (nSPS) is 16.3. The maximum absolute atomic E-state index is 13.3. The van der Waals surface area contributed by atoms with E-state index in [-0.39, 0.29) is 23.4 Å². The Hall–Kier alpha value is -2.08. The van der Waals surface area contributed by atoms with Gasteiger partial charge in [0.15, 0.2) is 5.16 Å². The Balaban J connectivity index is 1.84. The lowest BCUT2D eigenvalue weighted by Gasteiger charge is -2.33. The van der Waals surface area contributed by atoms with Crippen LogP contribution in [0, 0.1) is 12.8 Å². The van der Waals surface area contributed by atoms with Gasteiger partial charge < -0.3 is 4.90 Å². The minimum atomic E-state index is -0.208. The van der Waals surface area contributed by atoms with Crippen LogP contribution >= 0.6 is 11.8 Å². The Bertz CT molecular complexity index is 877. The van der Waals surface area contributed by atoms with Crippen LogP contribution in [0.4, 0.5) is 0 Å². The summed E-state index contributed by atoms with van der Waals surface area (Å²) >= 11 is 1.51. The number of rotatable bonds is 5. The molecule has 0 saturated heterocycles. The second-order valence-electron chi connectivity index (χ2n) is 7.28. The minimum absolute atomic E-state index is 0.00385. The number of hydrogen-bond acceptors (Lipinski definition) is 4. The number of benzene rings is 1. The summed E-state index contributed by atoms with van der Waals surface area (Å²) in [5, 5.41) is 0.734. The molecule has 27 heavy (non-hydrogen) atoms. The van der Waals surface area contributed by atoms with E-state index in [0.717, 1.165) is 22.0 Å². The van der Waals surface area contributed by atoms with E-state index < -0.39 is 0 Å². The molecule has 1 atom stereocenters. The highest BCUT2D eigenvalue weighted by molar-refractivity contribution is 7.99. The van der Waals surface area contributed by atoms with Crippen LogP contribution in [-0.2, 0) is 24.3 Å². The lowest BCUT2D eigenvalue weighted by molar-refractivity contribution is -0.137. The molecule has 3 rings (SSSR count). The van der Waals surface area contributed by atoms with Crippen molar-refractivity contribution in [1.29, 1.82) is 0 Å². The van der Waals surface area contributed by atoms with Gasteiger partial charge in [-0.25, -0.2) is 4.98 Å². The van der Waals surface area contributed by atoms with Gasteiger partial charge in [0.2, 0.25) is 5.91 Å². The van der Waals surface area contributed by atoms with Gasteiger partial charge >= 0.3 is 0 Å². The molecule has 2 heterocycles. The summed E-state index contributed by atoms with van der Waals surface area (Å²) in [5.41, 5.74) is 2.67. The number of thioether (sulfide) groups is 1. The summed E-state index contributed by atoms with van der Waals surface area (Å²) in [4.78, 5) is 32.6. The quantitative estimate of drug-likeness (QED) is 0.741. The first-order valence-corrected chi connectivity index (χ1v) is 10.5. The Kier molecular flexibility index (Phi) is 6.05. The van der Waals surface area contributed by atoms with E-state index in [0.29, 0.717) is 25.3 Å². The van der Waals surface area contributed by atoms with Crippen molar-refractivity contribution < 1.29 is 4.79 Å². The summed E-state index contributed by atoms with van der Waals surface area (Å²) in [6.45, 7) is 8.94. The number of fused-ring (bicyclic) bond motifs is 1. The van der Waals surface area contributed by atoms with E-state index in [1.165, 1.54) is 11.8 Å². The van der Waals surface area contributed by atoms with Crippen LogP contribution in [0.25, 0.3) is 0 Å². The fraction of sp³-hybridized carbons (Fsp3) is 0.476. The highest BCUT2D eigenvalue weighted by Gasteiger charge is 2.32. The van der Waals surface area contributed by atoms with E-state index in [1.807, 2.05) is 62.9 Å². The van der Waals surface area contributed by atoms with Gasteiger partial charge in [-0.1, -0.05) is 49.0 Å². The highest BCUT2D eigenvalue weighted by Crippen LogP contribution is 2.28.